The molecule has 3 aromatic carbocycles. The van der Waals surface area contributed by atoms with Gasteiger partial charge < -0.3 is 19.7 Å². The van der Waals surface area contributed by atoms with E-state index in [2.05, 4.69) is 5.32 Å². The smallest absolute Gasteiger partial charge is 0.243 e. The zero-order valence-electron chi connectivity index (χ0n) is 23.5. The lowest BCUT2D eigenvalue weighted by molar-refractivity contribution is -0.139. The lowest BCUT2D eigenvalue weighted by Crippen LogP contribution is -2.53. The molecule has 7 heteroatoms. The van der Waals surface area contributed by atoms with E-state index in [1.807, 2.05) is 78.9 Å². The van der Waals surface area contributed by atoms with Gasteiger partial charge in [0.05, 0.1) is 20.0 Å². The highest BCUT2D eigenvalue weighted by Gasteiger charge is 2.32. The van der Waals surface area contributed by atoms with Crippen LogP contribution < -0.4 is 14.8 Å². The second kappa shape index (κ2) is 15.4. The summed E-state index contributed by atoms with van der Waals surface area (Å²) in [4.78, 5) is 29.5. The third-order valence-corrected chi connectivity index (χ3v) is 8.35. The molecule has 2 amide bonds. The lowest BCUT2D eigenvalue weighted by atomic mass is 9.94. The van der Waals surface area contributed by atoms with Gasteiger partial charge in [0.2, 0.25) is 11.8 Å². The van der Waals surface area contributed by atoms with Gasteiger partial charge >= 0.3 is 0 Å². The molecule has 4 rings (SSSR count). The number of thioether (sulfide) groups is 1. The molecule has 1 aliphatic rings. The molecule has 0 heterocycles. The summed E-state index contributed by atoms with van der Waals surface area (Å²) in [6.45, 7) is 0.328. The van der Waals surface area contributed by atoms with Gasteiger partial charge in [-0.05, 0) is 53.8 Å². The number of hydrogen-bond acceptors (Lipinski definition) is 5. The van der Waals surface area contributed by atoms with Crippen molar-refractivity contribution < 1.29 is 19.1 Å². The number of ether oxygens (including phenoxy) is 2. The Labute approximate surface area is 242 Å². The summed E-state index contributed by atoms with van der Waals surface area (Å²) in [5.74, 6) is 2.37. The number of hydrogen-bond donors (Lipinski definition) is 1. The SMILES string of the molecule is COc1ccc(CSCC(=O)N(Cc2cccc(OC)c2)[C@H](Cc2ccccc2)C(=O)NC2CCCCC2)cc1. The minimum Gasteiger partial charge on any atom is -0.497 e. The highest BCUT2D eigenvalue weighted by atomic mass is 32.2. The van der Waals surface area contributed by atoms with Crippen LogP contribution in [0.1, 0.15) is 48.8 Å². The molecule has 1 aliphatic carbocycles. The van der Waals surface area contributed by atoms with Crippen molar-refractivity contribution in [3.63, 3.8) is 0 Å². The van der Waals surface area contributed by atoms with Gasteiger partial charge in [-0.1, -0.05) is 73.9 Å². The van der Waals surface area contributed by atoms with Crippen LogP contribution in [-0.4, -0.2) is 48.8 Å². The van der Waals surface area contributed by atoms with E-state index in [0.717, 1.165) is 53.9 Å². The van der Waals surface area contributed by atoms with E-state index < -0.39 is 6.04 Å². The van der Waals surface area contributed by atoms with Crippen LogP contribution >= 0.6 is 11.8 Å². The number of nitrogens with one attached hydrogen (secondary N) is 1. The van der Waals surface area contributed by atoms with Crippen LogP contribution in [0.3, 0.4) is 0 Å². The molecule has 0 spiro atoms. The average molecular weight is 561 g/mol. The van der Waals surface area contributed by atoms with Crippen LogP contribution in [-0.2, 0) is 28.3 Å². The third kappa shape index (κ3) is 8.78. The molecule has 0 aliphatic heterocycles. The molecular weight excluding hydrogens is 520 g/mol. The largest absolute Gasteiger partial charge is 0.497 e. The second-order valence-corrected chi connectivity index (χ2v) is 11.2. The van der Waals surface area contributed by atoms with Crippen molar-refractivity contribution in [2.24, 2.45) is 0 Å². The molecular formula is C33H40N2O4S. The number of carbonyl (C=O) groups excluding carboxylic acids is 2. The summed E-state index contributed by atoms with van der Waals surface area (Å²) in [5, 5.41) is 3.30. The lowest BCUT2D eigenvalue weighted by Gasteiger charge is -2.33. The molecule has 40 heavy (non-hydrogen) atoms. The number of benzene rings is 3. The van der Waals surface area contributed by atoms with Gasteiger partial charge in [0.25, 0.3) is 0 Å². The molecule has 6 nitrogen and oxygen atoms in total. The van der Waals surface area contributed by atoms with Crippen LogP contribution in [0.25, 0.3) is 0 Å². The van der Waals surface area contributed by atoms with E-state index in [1.165, 1.54) is 6.42 Å². The van der Waals surface area contributed by atoms with Crippen molar-refractivity contribution in [1.82, 2.24) is 10.2 Å². The van der Waals surface area contributed by atoms with E-state index >= 15 is 0 Å². The summed E-state index contributed by atoms with van der Waals surface area (Å²) in [5.41, 5.74) is 3.07. The van der Waals surface area contributed by atoms with E-state index in [1.54, 1.807) is 30.9 Å². The fraction of sp³-hybridized carbons (Fsp3) is 0.394. The zero-order valence-corrected chi connectivity index (χ0v) is 24.3. The minimum absolute atomic E-state index is 0.0546. The molecule has 0 saturated heterocycles. The molecule has 0 bridgehead atoms. The van der Waals surface area contributed by atoms with Gasteiger partial charge in [-0.2, -0.15) is 0 Å². The van der Waals surface area contributed by atoms with E-state index in [0.29, 0.717) is 18.7 Å². The maximum absolute atomic E-state index is 13.9. The van der Waals surface area contributed by atoms with Crippen molar-refractivity contribution >= 4 is 23.6 Å². The predicted molar refractivity (Wildman–Crippen MR) is 162 cm³/mol. The molecule has 0 aromatic heterocycles. The predicted octanol–water partition coefficient (Wildman–Crippen LogP) is 6.03. The summed E-state index contributed by atoms with van der Waals surface area (Å²) < 4.78 is 10.7. The Morgan fingerprint density at radius 2 is 1.55 bits per heavy atom. The highest BCUT2D eigenvalue weighted by Crippen LogP contribution is 2.23. The number of amides is 2. The molecule has 0 unspecified atom stereocenters. The van der Waals surface area contributed by atoms with Gasteiger partial charge in [-0.25, -0.2) is 0 Å². The zero-order chi connectivity index (χ0) is 28.2. The van der Waals surface area contributed by atoms with Gasteiger partial charge in [-0.15, -0.1) is 11.8 Å². The average Bonchev–Trinajstić information content (AvgIpc) is 3.00. The molecule has 0 radical (unpaired) electrons. The molecule has 212 valence electrons. The Kier molecular flexibility index (Phi) is 11.3. The topological polar surface area (TPSA) is 67.9 Å². The van der Waals surface area contributed by atoms with E-state index in [9.17, 15) is 9.59 Å². The van der Waals surface area contributed by atoms with Gasteiger partial charge in [0, 0.05) is 24.8 Å². The number of methoxy groups -OCH3 is 2. The first kappa shape index (κ1) is 29.5. The number of nitrogens with zero attached hydrogens (tertiary/aromatic N) is 1. The van der Waals surface area contributed by atoms with E-state index in [4.69, 9.17) is 9.47 Å². The first-order valence-electron chi connectivity index (χ1n) is 14.0. The Morgan fingerprint density at radius 3 is 2.25 bits per heavy atom. The van der Waals surface area contributed by atoms with Crippen LogP contribution in [0.15, 0.2) is 78.9 Å². The standard InChI is InChI=1S/C33H40N2O4S/c1-38-29-18-16-26(17-19-29)23-40-24-32(36)35(22-27-12-9-15-30(20-27)39-2)31(21-25-10-5-3-6-11-25)33(37)34-28-13-7-4-8-14-28/h3,5-6,9-12,15-20,28,31H,4,7-8,13-14,21-24H2,1-2H3,(H,34,37)/t31-/m1/s1. The van der Waals surface area contributed by atoms with Crippen LogP contribution in [0.2, 0.25) is 0 Å². The fourth-order valence-corrected chi connectivity index (χ4v) is 6.00. The molecule has 1 N–H and O–H groups in total. The Morgan fingerprint density at radius 1 is 0.850 bits per heavy atom. The van der Waals surface area contributed by atoms with Gasteiger partial charge in [0.1, 0.15) is 17.5 Å². The van der Waals surface area contributed by atoms with Crippen molar-refractivity contribution in [2.45, 2.75) is 62.9 Å². The highest BCUT2D eigenvalue weighted by molar-refractivity contribution is 7.99. The number of carbonyl (C=O) groups is 2. The van der Waals surface area contributed by atoms with Crippen molar-refractivity contribution in [3.05, 3.63) is 95.6 Å². The molecule has 1 saturated carbocycles. The van der Waals surface area contributed by atoms with Crippen molar-refractivity contribution in [2.75, 3.05) is 20.0 Å². The number of rotatable bonds is 13. The monoisotopic (exact) mass is 560 g/mol. The van der Waals surface area contributed by atoms with Crippen LogP contribution in [0.4, 0.5) is 0 Å². The van der Waals surface area contributed by atoms with E-state index in [-0.39, 0.29) is 23.6 Å². The van der Waals surface area contributed by atoms with Crippen molar-refractivity contribution in [1.29, 1.82) is 0 Å². The second-order valence-electron chi connectivity index (χ2n) is 10.3. The Balaban J connectivity index is 1.56. The quantitative estimate of drug-likeness (QED) is 0.277. The maximum atomic E-state index is 13.9. The summed E-state index contributed by atoms with van der Waals surface area (Å²) in [6, 6.07) is 25.1. The van der Waals surface area contributed by atoms with Crippen LogP contribution in [0.5, 0.6) is 11.5 Å². The summed E-state index contributed by atoms with van der Waals surface area (Å²) >= 11 is 1.56. The molecule has 1 fully saturated rings. The van der Waals surface area contributed by atoms with Crippen molar-refractivity contribution in [3.8, 4) is 11.5 Å². The normalized spacial score (nSPS) is 14.2. The fourth-order valence-electron chi connectivity index (χ4n) is 5.13. The first-order chi connectivity index (χ1) is 19.6. The summed E-state index contributed by atoms with van der Waals surface area (Å²) in [7, 11) is 3.28. The summed E-state index contributed by atoms with van der Waals surface area (Å²) in [6.07, 6.45) is 5.91. The maximum Gasteiger partial charge on any atom is 0.243 e. The van der Waals surface area contributed by atoms with Gasteiger partial charge in [-0.3, -0.25) is 9.59 Å². The Bertz CT molecular complexity index is 1210. The third-order valence-electron chi connectivity index (χ3n) is 7.36. The van der Waals surface area contributed by atoms with Gasteiger partial charge in [0.15, 0.2) is 0 Å². The molecule has 3 aromatic rings. The first-order valence-corrected chi connectivity index (χ1v) is 15.2. The Hall–Kier alpha value is -3.45. The molecule has 1 atom stereocenters. The van der Waals surface area contributed by atoms with Crippen LogP contribution in [0, 0.1) is 0 Å². The minimum atomic E-state index is -0.621.